The van der Waals surface area contributed by atoms with Crippen LogP contribution in [0.3, 0.4) is 0 Å². The maximum absolute atomic E-state index is 12.3. The predicted octanol–water partition coefficient (Wildman–Crippen LogP) is 0.658. The number of rotatable bonds is 6. The van der Waals surface area contributed by atoms with Crippen molar-refractivity contribution in [3.05, 3.63) is 62.8 Å². The van der Waals surface area contributed by atoms with E-state index in [2.05, 4.69) is 26.0 Å². The highest BCUT2D eigenvalue weighted by Crippen LogP contribution is 2.25. The number of phenols is 1. The van der Waals surface area contributed by atoms with Crippen LogP contribution in [0, 0.1) is 0 Å². The summed E-state index contributed by atoms with van der Waals surface area (Å²) in [6, 6.07) is 9.98. The van der Waals surface area contributed by atoms with Gasteiger partial charge in [-0.15, -0.1) is 5.10 Å². The van der Waals surface area contributed by atoms with Crippen LogP contribution in [-0.4, -0.2) is 38.5 Å². The van der Waals surface area contributed by atoms with Crippen LogP contribution in [0.4, 0.5) is 5.82 Å². The first kappa shape index (κ1) is 18.8. The highest BCUT2D eigenvalue weighted by molar-refractivity contribution is 6.02. The lowest BCUT2D eigenvalue weighted by Gasteiger charge is -2.14. The van der Waals surface area contributed by atoms with Crippen LogP contribution in [0.5, 0.6) is 5.75 Å². The van der Waals surface area contributed by atoms with E-state index in [-0.39, 0.29) is 11.6 Å². The number of hydrazone groups is 1. The molecule has 0 fully saturated rings. The Bertz CT molecular complexity index is 1150. The van der Waals surface area contributed by atoms with Crippen molar-refractivity contribution in [3.8, 4) is 5.75 Å². The summed E-state index contributed by atoms with van der Waals surface area (Å²) in [6.45, 7) is 1.73. The van der Waals surface area contributed by atoms with Crippen molar-refractivity contribution in [2.45, 2.75) is 19.4 Å². The molecule has 28 heavy (non-hydrogen) atoms. The normalized spacial score (nSPS) is 12.2. The molecule has 1 aromatic heterocycles. The minimum atomic E-state index is -0.808. The number of benzene rings is 2. The maximum atomic E-state index is 12.3. The van der Waals surface area contributed by atoms with Gasteiger partial charge in [0.1, 0.15) is 11.8 Å². The maximum Gasteiger partial charge on any atom is 0.342 e. The Morgan fingerprint density at radius 3 is 2.82 bits per heavy atom. The molecule has 0 bridgehead atoms. The van der Waals surface area contributed by atoms with Crippen molar-refractivity contribution in [2.24, 2.45) is 5.10 Å². The number of aromatic hydroxyl groups is 1. The van der Waals surface area contributed by atoms with Crippen molar-refractivity contribution in [3.63, 3.8) is 0 Å². The second-order valence-corrected chi connectivity index (χ2v) is 5.91. The molecule has 0 aliphatic carbocycles. The van der Waals surface area contributed by atoms with Crippen LogP contribution in [0.15, 0.2) is 51.1 Å². The Hall–Kier alpha value is -3.95. The number of carbonyl (C=O) groups is 1. The van der Waals surface area contributed by atoms with Crippen LogP contribution in [0.2, 0.25) is 0 Å². The van der Waals surface area contributed by atoms with Gasteiger partial charge < -0.3 is 10.4 Å². The van der Waals surface area contributed by atoms with Crippen LogP contribution in [0.1, 0.15) is 18.9 Å². The van der Waals surface area contributed by atoms with E-state index >= 15 is 0 Å². The number of carbonyl (C=O) groups excluding carboxylic acids is 1. The van der Waals surface area contributed by atoms with Gasteiger partial charge in [-0.05, 0) is 23.3 Å². The van der Waals surface area contributed by atoms with Gasteiger partial charge in [0, 0.05) is 5.56 Å². The molecule has 0 radical (unpaired) electrons. The topological polar surface area (TPSA) is 152 Å². The molecule has 3 aromatic rings. The average Bonchev–Trinajstić information content (AvgIpc) is 2.69. The molecule has 0 spiro atoms. The molecule has 0 unspecified atom stereocenters. The molecular weight excluding hydrogens is 364 g/mol. The zero-order chi connectivity index (χ0) is 20.1. The molecule has 10 nitrogen and oxygen atoms in total. The van der Waals surface area contributed by atoms with Gasteiger partial charge in [0.15, 0.2) is 0 Å². The number of H-pyrrole nitrogens is 2. The van der Waals surface area contributed by atoms with Gasteiger partial charge in [-0.1, -0.05) is 37.3 Å². The number of amides is 1. The van der Waals surface area contributed by atoms with Gasteiger partial charge in [-0.25, -0.2) is 15.3 Å². The number of hydrogen-bond donors (Lipinski definition) is 5. The number of phenolic OH excluding ortho intramolecular Hbond substituents is 1. The Morgan fingerprint density at radius 1 is 1.29 bits per heavy atom. The van der Waals surface area contributed by atoms with Gasteiger partial charge in [-0.3, -0.25) is 14.6 Å². The van der Waals surface area contributed by atoms with Gasteiger partial charge >= 0.3 is 5.69 Å². The minimum Gasteiger partial charge on any atom is -0.507 e. The molecule has 1 atom stereocenters. The molecule has 0 aliphatic heterocycles. The summed E-state index contributed by atoms with van der Waals surface area (Å²) in [5, 5.41) is 24.0. The van der Waals surface area contributed by atoms with Crippen molar-refractivity contribution in [2.75, 3.05) is 5.32 Å². The molecule has 2 aromatic carbocycles. The standard InChI is InChI=1S/C18H18N6O4/c1-2-13(20-15-17(27)21-18(28)24-22-15)16(26)23-19-9-12-11-6-4-3-5-10(11)7-8-14(12)25/h3-9,13,25H,2H2,1H3,(H,20,22)(H,23,26)(H2,21,24,27,28)/b19-9+/t13-/m0/s1. The lowest BCUT2D eigenvalue weighted by Crippen LogP contribution is -2.39. The van der Waals surface area contributed by atoms with E-state index in [1.54, 1.807) is 19.1 Å². The van der Waals surface area contributed by atoms with E-state index < -0.39 is 23.2 Å². The second-order valence-electron chi connectivity index (χ2n) is 5.91. The summed E-state index contributed by atoms with van der Waals surface area (Å²) in [5.41, 5.74) is 1.36. The Labute approximate surface area is 158 Å². The lowest BCUT2D eigenvalue weighted by molar-refractivity contribution is -0.121. The number of hydrogen-bond acceptors (Lipinski definition) is 7. The first-order valence-electron chi connectivity index (χ1n) is 8.48. The molecule has 10 heteroatoms. The zero-order valence-corrected chi connectivity index (χ0v) is 14.9. The fourth-order valence-electron chi connectivity index (χ4n) is 2.62. The third kappa shape index (κ3) is 4.06. The van der Waals surface area contributed by atoms with Crippen molar-refractivity contribution < 1.29 is 9.90 Å². The third-order valence-electron chi connectivity index (χ3n) is 4.06. The van der Waals surface area contributed by atoms with E-state index in [1.807, 2.05) is 29.2 Å². The van der Waals surface area contributed by atoms with E-state index in [0.717, 1.165) is 10.8 Å². The van der Waals surface area contributed by atoms with Gasteiger partial charge in [0.25, 0.3) is 11.5 Å². The third-order valence-corrected chi connectivity index (χ3v) is 4.06. The van der Waals surface area contributed by atoms with Gasteiger partial charge in [0.2, 0.25) is 5.82 Å². The Kier molecular flexibility index (Phi) is 5.49. The number of aromatic nitrogens is 3. The summed E-state index contributed by atoms with van der Waals surface area (Å²) in [6.07, 6.45) is 1.69. The fourth-order valence-corrected chi connectivity index (χ4v) is 2.62. The second kappa shape index (κ2) is 8.16. The van der Waals surface area contributed by atoms with E-state index in [1.165, 1.54) is 6.21 Å². The molecule has 0 saturated heterocycles. The van der Waals surface area contributed by atoms with Crippen molar-refractivity contribution in [1.82, 2.24) is 20.6 Å². The van der Waals surface area contributed by atoms with Gasteiger partial charge in [0.05, 0.1) is 6.21 Å². The number of aromatic amines is 2. The lowest BCUT2D eigenvalue weighted by atomic mass is 10.0. The predicted molar refractivity (Wildman–Crippen MR) is 105 cm³/mol. The monoisotopic (exact) mass is 382 g/mol. The fraction of sp³-hybridized carbons (Fsp3) is 0.167. The summed E-state index contributed by atoms with van der Waals surface area (Å²) in [7, 11) is 0. The molecular formula is C18H18N6O4. The molecule has 5 N–H and O–H groups in total. The quantitative estimate of drug-likeness (QED) is 0.312. The number of fused-ring (bicyclic) bond motifs is 1. The van der Waals surface area contributed by atoms with Crippen LogP contribution in [-0.2, 0) is 4.79 Å². The molecule has 0 aliphatic rings. The first-order chi connectivity index (χ1) is 13.5. The van der Waals surface area contributed by atoms with Gasteiger partial charge in [-0.2, -0.15) is 5.10 Å². The number of nitrogens with zero attached hydrogens (tertiary/aromatic N) is 2. The highest BCUT2D eigenvalue weighted by Gasteiger charge is 2.18. The summed E-state index contributed by atoms with van der Waals surface area (Å²) in [4.78, 5) is 37.0. The van der Waals surface area contributed by atoms with Crippen LogP contribution >= 0.6 is 0 Å². The largest absolute Gasteiger partial charge is 0.507 e. The highest BCUT2D eigenvalue weighted by atomic mass is 16.3. The SMILES string of the molecule is CC[C@H](Nc1n[nH]c(=O)[nH]c1=O)C(=O)N/N=C/c1c(O)ccc2ccccc12. The van der Waals surface area contributed by atoms with Crippen LogP contribution < -0.4 is 22.0 Å². The van der Waals surface area contributed by atoms with Crippen LogP contribution in [0.25, 0.3) is 10.8 Å². The summed E-state index contributed by atoms with van der Waals surface area (Å²) >= 11 is 0. The Morgan fingerprint density at radius 2 is 2.07 bits per heavy atom. The molecule has 3 rings (SSSR count). The number of nitrogens with one attached hydrogen (secondary N) is 4. The van der Waals surface area contributed by atoms with E-state index in [4.69, 9.17) is 0 Å². The smallest absolute Gasteiger partial charge is 0.342 e. The number of anilines is 1. The van der Waals surface area contributed by atoms with E-state index in [0.29, 0.717) is 12.0 Å². The molecule has 0 saturated carbocycles. The molecule has 1 heterocycles. The van der Waals surface area contributed by atoms with E-state index in [9.17, 15) is 19.5 Å². The Balaban J connectivity index is 1.74. The summed E-state index contributed by atoms with van der Waals surface area (Å²) < 4.78 is 0. The average molecular weight is 382 g/mol. The first-order valence-corrected chi connectivity index (χ1v) is 8.48. The zero-order valence-electron chi connectivity index (χ0n) is 14.9. The molecule has 144 valence electrons. The van der Waals surface area contributed by atoms with Crippen molar-refractivity contribution >= 4 is 28.7 Å². The minimum absolute atomic E-state index is 0.0332. The molecule has 1 amide bonds. The van der Waals surface area contributed by atoms with Crippen molar-refractivity contribution in [1.29, 1.82) is 0 Å². The summed E-state index contributed by atoms with van der Waals surface area (Å²) in [5.74, 6) is -0.658.